The van der Waals surface area contributed by atoms with Gasteiger partial charge in [0, 0.05) is 13.1 Å². The molecule has 0 aliphatic heterocycles. The maximum absolute atomic E-state index is 11.4. The van der Waals surface area contributed by atoms with Crippen molar-refractivity contribution in [3.05, 3.63) is 35.4 Å². The van der Waals surface area contributed by atoms with Crippen molar-refractivity contribution >= 4 is 12.0 Å². The highest BCUT2D eigenvalue weighted by molar-refractivity contribution is 5.89. The molecule has 0 spiro atoms. The lowest BCUT2D eigenvalue weighted by Crippen LogP contribution is -2.36. The molecule has 0 radical (unpaired) electrons. The second-order valence-electron chi connectivity index (χ2n) is 4.65. The van der Waals surface area contributed by atoms with Crippen molar-refractivity contribution in [2.24, 2.45) is 5.92 Å². The summed E-state index contributed by atoms with van der Waals surface area (Å²) >= 11 is 0. The van der Waals surface area contributed by atoms with Gasteiger partial charge in [0.05, 0.1) is 12.7 Å². The van der Waals surface area contributed by atoms with Crippen LogP contribution in [0.15, 0.2) is 24.3 Å². The van der Waals surface area contributed by atoms with Crippen LogP contribution in [0, 0.1) is 5.92 Å². The topological polar surface area (TPSA) is 67.4 Å². The maximum Gasteiger partial charge on any atom is 0.337 e. The van der Waals surface area contributed by atoms with E-state index in [0.29, 0.717) is 24.6 Å². The van der Waals surface area contributed by atoms with Gasteiger partial charge in [-0.3, -0.25) is 0 Å². The van der Waals surface area contributed by atoms with Gasteiger partial charge in [-0.2, -0.15) is 0 Å². The molecule has 0 saturated heterocycles. The summed E-state index contributed by atoms with van der Waals surface area (Å²) < 4.78 is 4.61. The Hall–Kier alpha value is -2.04. The molecule has 5 nitrogen and oxygen atoms in total. The molecule has 2 N–H and O–H groups in total. The van der Waals surface area contributed by atoms with E-state index in [-0.39, 0.29) is 12.0 Å². The first-order valence-corrected chi connectivity index (χ1v) is 6.22. The van der Waals surface area contributed by atoms with Crippen molar-refractivity contribution in [1.29, 1.82) is 0 Å². The Morgan fingerprint density at radius 1 is 1.16 bits per heavy atom. The average Bonchev–Trinajstić information content (AvgIpc) is 2.42. The van der Waals surface area contributed by atoms with E-state index in [1.165, 1.54) is 7.11 Å². The summed E-state index contributed by atoms with van der Waals surface area (Å²) in [5, 5.41) is 5.52. The van der Waals surface area contributed by atoms with Crippen LogP contribution in [0.4, 0.5) is 4.79 Å². The number of methoxy groups -OCH3 is 1. The van der Waals surface area contributed by atoms with Crippen LogP contribution in [0.25, 0.3) is 0 Å². The summed E-state index contributed by atoms with van der Waals surface area (Å²) in [4.78, 5) is 22.7. The smallest absolute Gasteiger partial charge is 0.337 e. The molecule has 0 heterocycles. The summed E-state index contributed by atoms with van der Waals surface area (Å²) in [6.07, 6.45) is 0. The van der Waals surface area contributed by atoms with Gasteiger partial charge in [0.2, 0.25) is 0 Å². The predicted octanol–water partition coefficient (Wildman–Crippen LogP) is 1.93. The Kier molecular flexibility index (Phi) is 5.85. The minimum atomic E-state index is -0.366. The lowest BCUT2D eigenvalue weighted by Gasteiger charge is -2.09. The second kappa shape index (κ2) is 7.41. The fourth-order valence-electron chi connectivity index (χ4n) is 1.42. The molecule has 1 aromatic rings. The van der Waals surface area contributed by atoms with Crippen LogP contribution in [0.3, 0.4) is 0 Å². The van der Waals surface area contributed by atoms with E-state index in [2.05, 4.69) is 15.4 Å². The van der Waals surface area contributed by atoms with E-state index < -0.39 is 0 Å². The minimum absolute atomic E-state index is 0.189. The number of amides is 2. The summed E-state index contributed by atoms with van der Waals surface area (Å²) in [6, 6.07) is 6.74. The Labute approximate surface area is 113 Å². The Balaban J connectivity index is 2.41. The molecule has 0 saturated carbocycles. The number of benzene rings is 1. The standard InChI is InChI=1S/C14H20N2O3/c1-10(2)8-15-14(18)16-9-11-4-6-12(7-5-11)13(17)19-3/h4-7,10H,8-9H2,1-3H3,(H2,15,16,18). The first-order valence-electron chi connectivity index (χ1n) is 6.22. The number of nitrogens with one attached hydrogen (secondary N) is 2. The number of hydrogen-bond acceptors (Lipinski definition) is 3. The van der Waals surface area contributed by atoms with Crippen LogP contribution < -0.4 is 10.6 Å². The molecule has 104 valence electrons. The largest absolute Gasteiger partial charge is 0.465 e. The molecule has 0 aromatic heterocycles. The first kappa shape index (κ1) is 15.0. The summed E-state index contributed by atoms with van der Waals surface area (Å²) in [5.41, 5.74) is 1.42. The van der Waals surface area contributed by atoms with Crippen LogP contribution in [0.1, 0.15) is 29.8 Å². The zero-order chi connectivity index (χ0) is 14.3. The number of carbonyl (C=O) groups is 2. The number of rotatable bonds is 5. The summed E-state index contributed by atoms with van der Waals surface area (Å²) in [5.74, 6) is 0.0549. The Morgan fingerprint density at radius 2 is 1.79 bits per heavy atom. The molecule has 0 aliphatic rings. The Morgan fingerprint density at radius 3 is 2.32 bits per heavy atom. The van der Waals surface area contributed by atoms with Crippen molar-refractivity contribution in [1.82, 2.24) is 10.6 Å². The van der Waals surface area contributed by atoms with Crippen LogP contribution in [0.5, 0.6) is 0 Å². The number of ether oxygens (including phenoxy) is 1. The molecule has 0 bridgehead atoms. The van der Waals surface area contributed by atoms with E-state index in [1.54, 1.807) is 24.3 Å². The maximum atomic E-state index is 11.4. The van der Waals surface area contributed by atoms with Gasteiger partial charge in [-0.05, 0) is 23.6 Å². The van der Waals surface area contributed by atoms with Crippen LogP contribution in [0.2, 0.25) is 0 Å². The van der Waals surface area contributed by atoms with Gasteiger partial charge in [-0.25, -0.2) is 9.59 Å². The number of urea groups is 1. The highest BCUT2D eigenvalue weighted by atomic mass is 16.5. The molecule has 1 aromatic carbocycles. The van der Waals surface area contributed by atoms with Crippen molar-refractivity contribution in [2.75, 3.05) is 13.7 Å². The highest BCUT2D eigenvalue weighted by Gasteiger charge is 2.05. The van der Waals surface area contributed by atoms with Crippen LogP contribution >= 0.6 is 0 Å². The number of hydrogen-bond donors (Lipinski definition) is 2. The van der Waals surface area contributed by atoms with Gasteiger partial charge in [0.15, 0.2) is 0 Å². The van der Waals surface area contributed by atoms with Gasteiger partial charge in [0.25, 0.3) is 0 Å². The van der Waals surface area contributed by atoms with E-state index >= 15 is 0 Å². The monoisotopic (exact) mass is 264 g/mol. The van der Waals surface area contributed by atoms with Crippen LogP contribution in [-0.4, -0.2) is 25.7 Å². The third kappa shape index (κ3) is 5.42. The molecule has 1 rings (SSSR count). The lowest BCUT2D eigenvalue weighted by atomic mass is 10.1. The molecule has 0 atom stereocenters. The Bertz CT molecular complexity index is 427. The van der Waals surface area contributed by atoms with Gasteiger partial charge in [-0.15, -0.1) is 0 Å². The molecular formula is C14H20N2O3. The minimum Gasteiger partial charge on any atom is -0.465 e. The van der Waals surface area contributed by atoms with Crippen molar-refractivity contribution < 1.29 is 14.3 Å². The van der Waals surface area contributed by atoms with Gasteiger partial charge in [0.1, 0.15) is 0 Å². The number of esters is 1. The van der Waals surface area contributed by atoms with Gasteiger partial charge < -0.3 is 15.4 Å². The molecule has 0 fully saturated rings. The SMILES string of the molecule is COC(=O)c1ccc(CNC(=O)NCC(C)C)cc1. The summed E-state index contributed by atoms with van der Waals surface area (Å²) in [6.45, 7) is 5.14. The van der Waals surface area contributed by atoms with Gasteiger partial charge >= 0.3 is 12.0 Å². The van der Waals surface area contributed by atoms with Gasteiger partial charge in [-0.1, -0.05) is 26.0 Å². The van der Waals surface area contributed by atoms with Crippen molar-refractivity contribution in [3.8, 4) is 0 Å². The normalized spacial score (nSPS) is 10.1. The first-order chi connectivity index (χ1) is 9.02. The molecule has 0 unspecified atom stereocenters. The van der Waals surface area contributed by atoms with E-state index in [0.717, 1.165) is 5.56 Å². The fraction of sp³-hybridized carbons (Fsp3) is 0.429. The average molecular weight is 264 g/mol. The highest BCUT2D eigenvalue weighted by Crippen LogP contribution is 2.05. The van der Waals surface area contributed by atoms with E-state index in [9.17, 15) is 9.59 Å². The number of carbonyl (C=O) groups excluding carboxylic acids is 2. The second-order valence-corrected chi connectivity index (χ2v) is 4.65. The van der Waals surface area contributed by atoms with E-state index in [4.69, 9.17) is 0 Å². The third-order valence-corrected chi connectivity index (χ3v) is 2.50. The molecule has 0 aliphatic carbocycles. The van der Waals surface area contributed by atoms with E-state index in [1.807, 2.05) is 13.8 Å². The zero-order valence-electron chi connectivity index (χ0n) is 11.5. The van der Waals surface area contributed by atoms with Crippen LogP contribution in [-0.2, 0) is 11.3 Å². The molecule has 5 heteroatoms. The molecule has 2 amide bonds. The fourth-order valence-corrected chi connectivity index (χ4v) is 1.42. The zero-order valence-corrected chi connectivity index (χ0v) is 11.5. The molecule has 19 heavy (non-hydrogen) atoms. The lowest BCUT2D eigenvalue weighted by molar-refractivity contribution is 0.0600. The van der Waals surface area contributed by atoms with Crippen molar-refractivity contribution in [2.45, 2.75) is 20.4 Å². The quantitative estimate of drug-likeness (QED) is 0.798. The van der Waals surface area contributed by atoms with Crippen molar-refractivity contribution in [3.63, 3.8) is 0 Å². The molecular weight excluding hydrogens is 244 g/mol. The third-order valence-electron chi connectivity index (χ3n) is 2.50. The summed E-state index contributed by atoms with van der Waals surface area (Å²) in [7, 11) is 1.34. The predicted molar refractivity (Wildman–Crippen MR) is 72.9 cm³/mol.